The van der Waals surface area contributed by atoms with Gasteiger partial charge >= 0.3 is 0 Å². The molecule has 1 aliphatic carbocycles. The minimum atomic E-state index is -0.606. The number of fused-ring (bicyclic) bond motifs is 1. The summed E-state index contributed by atoms with van der Waals surface area (Å²) in [6.07, 6.45) is 4.93. The van der Waals surface area contributed by atoms with E-state index in [0.29, 0.717) is 41.9 Å². The number of piperidine rings is 1. The van der Waals surface area contributed by atoms with E-state index in [1.807, 2.05) is 37.8 Å². The Balaban J connectivity index is 1.16. The van der Waals surface area contributed by atoms with Crippen LogP contribution in [0.2, 0.25) is 0 Å². The van der Waals surface area contributed by atoms with E-state index in [1.54, 1.807) is 36.8 Å². The van der Waals surface area contributed by atoms with Crippen LogP contribution in [0.25, 0.3) is 17.2 Å². The van der Waals surface area contributed by atoms with Crippen LogP contribution in [0.4, 0.5) is 4.39 Å². The molecule has 0 bridgehead atoms. The highest BCUT2D eigenvalue weighted by molar-refractivity contribution is 5.95. The third-order valence-electron chi connectivity index (χ3n) is 7.23. The molecule has 3 aromatic heterocycles. The summed E-state index contributed by atoms with van der Waals surface area (Å²) in [5.41, 5.74) is 9.29. The highest BCUT2D eigenvalue weighted by Gasteiger charge is 2.59. The summed E-state index contributed by atoms with van der Waals surface area (Å²) in [5, 5.41) is 4.42. The highest BCUT2D eigenvalue weighted by atomic mass is 19.1. The number of amides is 1. The van der Waals surface area contributed by atoms with Crippen molar-refractivity contribution in [2.45, 2.75) is 32.4 Å². The lowest BCUT2D eigenvalue weighted by atomic mass is 9.95. The average molecular weight is 514 g/mol. The molecule has 10 heteroatoms. The number of likely N-dealkylation sites (tertiary alicyclic amines) is 1. The van der Waals surface area contributed by atoms with Gasteiger partial charge < -0.3 is 15.4 Å². The van der Waals surface area contributed by atoms with Gasteiger partial charge in [0.15, 0.2) is 0 Å². The SMILES string of the molecule is Cc1nn(-c2ncccn2)cc1C(=O)N1CC2C(C1)C2Oc1cc(C(C)(C)N)cc(-c2ccc(F)cc2)n1. The fourth-order valence-corrected chi connectivity index (χ4v) is 5.01. The van der Waals surface area contributed by atoms with E-state index in [2.05, 4.69) is 15.1 Å². The lowest BCUT2D eigenvalue weighted by Crippen LogP contribution is -2.33. The number of aromatic nitrogens is 5. The number of ether oxygens (including phenoxy) is 1. The van der Waals surface area contributed by atoms with Crippen molar-refractivity contribution in [2.24, 2.45) is 17.6 Å². The van der Waals surface area contributed by atoms with Crippen LogP contribution in [0.5, 0.6) is 5.88 Å². The van der Waals surface area contributed by atoms with Crippen LogP contribution in [0.15, 0.2) is 61.1 Å². The number of carbonyl (C=O) groups excluding carboxylic acids is 1. The number of nitrogens with zero attached hydrogens (tertiary/aromatic N) is 6. The smallest absolute Gasteiger partial charge is 0.257 e. The first-order valence-corrected chi connectivity index (χ1v) is 12.5. The van der Waals surface area contributed by atoms with E-state index >= 15 is 0 Å². The molecule has 38 heavy (non-hydrogen) atoms. The first kappa shape index (κ1) is 24.2. The van der Waals surface area contributed by atoms with Crippen molar-refractivity contribution in [3.8, 4) is 23.1 Å². The Bertz CT molecular complexity index is 1490. The topological polar surface area (TPSA) is 112 Å². The first-order chi connectivity index (χ1) is 18.2. The molecule has 194 valence electrons. The molecule has 2 unspecified atom stereocenters. The highest BCUT2D eigenvalue weighted by Crippen LogP contribution is 2.48. The number of aryl methyl sites for hydroxylation is 1. The second-order valence-electron chi connectivity index (χ2n) is 10.5. The van der Waals surface area contributed by atoms with Gasteiger partial charge in [0.2, 0.25) is 11.8 Å². The van der Waals surface area contributed by atoms with Gasteiger partial charge in [-0.2, -0.15) is 5.10 Å². The molecular weight excluding hydrogens is 485 g/mol. The Morgan fingerprint density at radius 1 is 1.11 bits per heavy atom. The quantitative estimate of drug-likeness (QED) is 0.420. The molecule has 1 saturated carbocycles. The maximum absolute atomic E-state index is 13.5. The molecule has 2 atom stereocenters. The Hall–Kier alpha value is -4.18. The minimum absolute atomic E-state index is 0.0229. The molecule has 1 amide bonds. The average Bonchev–Trinajstić information content (AvgIpc) is 3.22. The van der Waals surface area contributed by atoms with Crippen molar-refractivity contribution in [3.63, 3.8) is 0 Å². The molecule has 0 radical (unpaired) electrons. The summed E-state index contributed by atoms with van der Waals surface area (Å²) in [4.78, 5) is 28.2. The third-order valence-corrected chi connectivity index (χ3v) is 7.23. The predicted molar refractivity (Wildman–Crippen MR) is 138 cm³/mol. The van der Waals surface area contributed by atoms with Crippen molar-refractivity contribution in [2.75, 3.05) is 13.1 Å². The normalized spacial score (nSPS) is 20.3. The summed E-state index contributed by atoms with van der Waals surface area (Å²) in [7, 11) is 0. The maximum atomic E-state index is 13.5. The monoisotopic (exact) mass is 513 g/mol. The summed E-state index contributed by atoms with van der Waals surface area (Å²) < 4.78 is 21.3. The van der Waals surface area contributed by atoms with Crippen LogP contribution in [0.3, 0.4) is 0 Å². The van der Waals surface area contributed by atoms with Crippen LogP contribution in [-0.4, -0.2) is 54.7 Å². The molecule has 6 rings (SSSR count). The maximum Gasteiger partial charge on any atom is 0.257 e. The molecule has 2 fully saturated rings. The van der Waals surface area contributed by atoms with E-state index in [9.17, 15) is 9.18 Å². The molecule has 2 aliphatic rings. The summed E-state index contributed by atoms with van der Waals surface area (Å²) in [6, 6.07) is 11.7. The second-order valence-corrected chi connectivity index (χ2v) is 10.5. The summed E-state index contributed by atoms with van der Waals surface area (Å²) in [5.74, 6) is 1.01. The predicted octanol–water partition coefficient (Wildman–Crippen LogP) is 3.52. The Labute approximate surface area is 219 Å². The number of hydrogen-bond donors (Lipinski definition) is 1. The largest absolute Gasteiger partial charge is 0.474 e. The lowest BCUT2D eigenvalue weighted by Gasteiger charge is -2.22. The Morgan fingerprint density at radius 3 is 2.45 bits per heavy atom. The van der Waals surface area contributed by atoms with Crippen LogP contribution in [0, 0.1) is 24.6 Å². The van der Waals surface area contributed by atoms with Crippen molar-refractivity contribution in [1.29, 1.82) is 0 Å². The zero-order valence-electron chi connectivity index (χ0n) is 21.4. The molecule has 9 nitrogen and oxygen atoms in total. The summed E-state index contributed by atoms with van der Waals surface area (Å²) in [6.45, 7) is 6.86. The van der Waals surface area contributed by atoms with Crippen LogP contribution < -0.4 is 10.5 Å². The zero-order chi connectivity index (χ0) is 26.6. The van der Waals surface area contributed by atoms with Gasteiger partial charge in [0, 0.05) is 60.7 Å². The molecule has 1 saturated heterocycles. The van der Waals surface area contributed by atoms with E-state index in [1.165, 1.54) is 16.8 Å². The van der Waals surface area contributed by atoms with E-state index in [4.69, 9.17) is 15.5 Å². The summed E-state index contributed by atoms with van der Waals surface area (Å²) >= 11 is 0. The zero-order valence-corrected chi connectivity index (χ0v) is 21.4. The number of nitrogens with two attached hydrogens (primary N) is 1. The standard InChI is InChI=1S/C28H28FN7O2/c1-16-20(15-36(34-16)27-31-9-4-10-32-27)26(37)35-13-21-22(14-35)25(21)38-24-12-18(28(2,3)30)11-23(33-24)17-5-7-19(29)8-6-17/h4-12,15,21-22,25H,13-14,30H2,1-3H3. The van der Waals surface area contributed by atoms with Gasteiger partial charge in [0.25, 0.3) is 5.91 Å². The molecule has 4 heterocycles. The minimum Gasteiger partial charge on any atom is -0.474 e. The molecule has 4 aromatic rings. The van der Waals surface area contributed by atoms with E-state index in [0.717, 1.165) is 11.1 Å². The van der Waals surface area contributed by atoms with Crippen molar-refractivity contribution >= 4 is 5.91 Å². The fourth-order valence-electron chi connectivity index (χ4n) is 5.01. The van der Waals surface area contributed by atoms with Gasteiger partial charge in [-0.3, -0.25) is 4.79 Å². The molecule has 1 aliphatic heterocycles. The number of carbonyl (C=O) groups is 1. The number of hydrogen-bond acceptors (Lipinski definition) is 7. The number of rotatable bonds is 6. The Morgan fingerprint density at radius 2 is 1.79 bits per heavy atom. The van der Waals surface area contributed by atoms with Gasteiger partial charge in [0.05, 0.1) is 17.0 Å². The van der Waals surface area contributed by atoms with Gasteiger partial charge in [-0.05, 0) is 62.7 Å². The Kier molecular flexibility index (Phi) is 5.71. The first-order valence-electron chi connectivity index (χ1n) is 12.5. The van der Waals surface area contributed by atoms with Gasteiger partial charge in [-0.25, -0.2) is 24.0 Å². The van der Waals surface area contributed by atoms with Gasteiger partial charge in [0.1, 0.15) is 11.9 Å². The van der Waals surface area contributed by atoms with Crippen molar-refractivity contribution in [3.05, 3.63) is 83.7 Å². The number of benzene rings is 1. The number of halogens is 1. The third kappa shape index (κ3) is 4.51. The van der Waals surface area contributed by atoms with Crippen LogP contribution >= 0.6 is 0 Å². The molecule has 1 aromatic carbocycles. The number of pyridine rings is 1. The van der Waals surface area contributed by atoms with Crippen LogP contribution in [0.1, 0.15) is 35.5 Å². The van der Waals surface area contributed by atoms with Crippen LogP contribution in [-0.2, 0) is 5.54 Å². The fraction of sp³-hybridized carbons (Fsp3) is 0.321. The van der Waals surface area contributed by atoms with E-state index < -0.39 is 5.54 Å². The van der Waals surface area contributed by atoms with Crippen molar-refractivity contribution in [1.82, 2.24) is 29.6 Å². The molecule has 2 N–H and O–H groups in total. The molecular formula is C28H28FN7O2. The second kappa shape index (κ2) is 8.98. The van der Waals surface area contributed by atoms with Gasteiger partial charge in [-0.15, -0.1) is 0 Å². The molecule has 0 spiro atoms. The van der Waals surface area contributed by atoms with Gasteiger partial charge in [-0.1, -0.05) is 0 Å². The lowest BCUT2D eigenvalue weighted by molar-refractivity contribution is 0.0751. The van der Waals surface area contributed by atoms with E-state index in [-0.39, 0.29) is 29.7 Å². The van der Waals surface area contributed by atoms with Crippen molar-refractivity contribution < 1.29 is 13.9 Å².